The number of phenolic OH excluding ortho intramolecular Hbond substituents is 1. The number of aryl methyl sites for hydroxylation is 1. The number of hydrogen-bond acceptors (Lipinski definition) is 1. The highest BCUT2D eigenvalue weighted by Crippen LogP contribution is 2.32. The van der Waals surface area contributed by atoms with Crippen molar-refractivity contribution >= 4 is 0 Å². The van der Waals surface area contributed by atoms with E-state index in [-0.39, 0.29) is 0 Å². The Morgan fingerprint density at radius 1 is 1.05 bits per heavy atom. The summed E-state index contributed by atoms with van der Waals surface area (Å²) in [7, 11) is 0. The first kappa shape index (κ1) is 14.5. The van der Waals surface area contributed by atoms with Gasteiger partial charge in [0.15, 0.2) is 17.4 Å². The van der Waals surface area contributed by atoms with E-state index >= 15 is 0 Å². The molecule has 3 heteroatoms. The lowest BCUT2D eigenvalue weighted by Crippen LogP contribution is -1.95. The van der Waals surface area contributed by atoms with Gasteiger partial charge in [-0.2, -0.15) is 0 Å². The molecule has 106 valence electrons. The molecule has 0 aliphatic heterocycles. The average molecular weight is 276 g/mol. The van der Waals surface area contributed by atoms with E-state index in [1.165, 1.54) is 12.1 Å². The summed E-state index contributed by atoms with van der Waals surface area (Å²) in [6.45, 7) is 6.15. The van der Waals surface area contributed by atoms with E-state index in [1.54, 1.807) is 0 Å². The molecule has 0 unspecified atom stereocenters. The van der Waals surface area contributed by atoms with Crippen molar-refractivity contribution in [1.29, 1.82) is 0 Å². The van der Waals surface area contributed by atoms with Crippen LogP contribution in [-0.4, -0.2) is 5.11 Å². The van der Waals surface area contributed by atoms with Crippen molar-refractivity contribution < 1.29 is 13.9 Å². The third kappa shape index (κ3) is 2.67. The van der Waals surface area contributed by atoms with Gasteiger partial charge < -0.3 is 5.11 Å². The molecule has 0 spiro atoms. The Balaban J connectivity index is 2.64. The number of phenols is 1. The highest BCUT2D eigenvalue weighted by Gasteiger charge is 2.13. The van der Waals surface area contributed by atoms with Crippen molar-refractivity contribution in [3.8, 4) is 16.9 Å². The molecule has 1 nitrogen and oxygen atoms in total. The lowest BCUT2D eigenvalue weighted by atomic mass is 9.92. The molecule has 0 heterocycles. The maximum atomic E-state index is 13.5. The van der Waals surface area contributed by atoms with E-state index in [4.69, 9.17) is 0 Å². The normalized spacial score (nSPS) is 11.1. The summed E-state index contributed by atoms with van der Waals surface area (Å²) >= 11 is 0. The van der Waals surface area contributed by atoms with Crippen molar-refractivity contribution in [3.63, 3.8) is 0 Å². The van der Waals surface area contributed by atoms with Gasteiger partial charge in [0.2, 0.25) is 0 Å². The molecule has 2 aromatic rings. The summed E-state index contributed by atoms with van der Waals surface area (Å²) in [4.78, 5) is 0. The topological polar surface area (TPSA) is 20.2 Å². The van der Waals surface area contributed by atoms with E-state index in [0.717, 1.165) is 23.1 Å². The molecule has 0 radical (unpaired) electrons. The molecule has 0 amide bonds. The average Bonchev–Trinajstić information content (AvgIpc) is 2.43. The summed E-state index contributed by atoms with van der Waals surface area (Å²) in [6.07, 6.45) is 0.776. The summed E-state index contributed by atoms with van der Waals surface area (Å²) < 4.78 is 27.1. The van der Waals surface area contributed by atoms with Crippen LogP contribution in [0.4, 0.5) is 8.78 Å². The number of halogens is 2. The first-order valence-electron chi connectivity index (χ1n) is 6.75. The van der Waals surface area contributed by atoms with Gasteiger partial charge in [-0.25, -0.2) is 8.78 Å². The van der Waals surface area contributed by atoms with Gasteiger partial charge in [-0.15, -0.1) is 0 Å². The Morgan fingerprint density at radius 3 is 2.15 bits per heavy atom. The number of hydrogen-bond donors (Lipinski definition) is 1. The van der Waals surface area contributed by atoms with Crippen LogP contribution < -0.4 is 0 Å². The quantitative estimate of drug-likeness (QED) is 0.834. The molecule has 0 atom stereocenters. The number of aromatic hydroxyl groups is 1. The van der Waals surface area contributed by atoms with Crippen molar-refractivity contribution in [2.45, 2.75) is 33.1 Å². The van der Waals surface area contributed by atoms with Crippen LogP contribution >= 0.6 is 0 Å². The van der Waals surface area contributed by atoms with Gasteiger partial charge in [-0.05, 0) is 46.7 Å². The van der Waals surface area contributed by atoms with Crippen molar-refractivity contribution in [3.05, 3.63) is 53.1 Å². The molecule has 1 N–H and O–H groups in total. The predicted molar refractivity (Wildman–Crippen MR) is 76.9 cm³/mol. The molecule has 0 saturated heterocycles. The smallest absolute Gasteiger partial charge is 0.187 e. The zero-order valence-corrected chi connectivity index (χ0v) is 11.9. The maximum absolute atomic E-state index is 13.5. The van der Waals surface area contributed by atoms with Crippen LogP contribution in [0.1, 0.15) is 37.8 Å². The number of rotatable bonds is 3. The molecule has 20 heavy (non-hydrogen) atoms. The highest BCUT2D eigenvalue weighted by molar-refractivity contribution is 5.69. The minimum atomic E-state index is -0.933. The lowest BCUT2D eigenvalue weighted by molar-refractivity contribution is 0.396. The lowest BCUT2D eigenvalue weighted by Gasteiger charge is -2.13. The summed E-state index contributed by atoms with van der Waals surface area (Å²) in [5.74, 6) is -2.45. The van der Waals surface area contributed by atoms with Crippen LogP contribution in [-0.2, 0) is 6.42 Å². The van der Waals surface area contributed by atoms with Crippen molar-refractivity contribution in [2.24, 2.45) is 0 Å². The summed E-state index contributed by atoms with van der Waals surface area (Å²) in [5, 5.41) is 9.20. The summed E-state index contributed by atoms with van der Waals surface area (Å²) in [5.41, 5.74) is 3.42. The van der Waals surface area contributed by atoms with E-state index in [2.05, 4.69) is 13.8 Å². The third-order valence-electron chi connectivity index (χ3n) is 3.51. The van der Waals surface area contributed by atoms with E-state index in [0.29, 0.717) is 11.5 Å². The fourth-order valence-electron chi connectivity index (χ4n) is 2.25. The monoisotopic (exact) mass is 276 g/mol. The van der Waals surface area contributed by atoms with Crippen LogP contribution in [0.25, 0.3) is 11.1 Å². The fourth-order valence-corrected chi connectivity index (χ4v) is 2.25. The van der Waals surface area contributed by atoms with Gasteiger partial charge in [0.1, 0.15) is 0 Å². The van der Waals surface area contributed by atoms with E-state index in [9.17, 15) is 13.9 Å². The van der Waals surface area contributed by atoms with E-state index in [1.807, 2.05) is 25.1 Å². The van der Waals surface area contributed by atoms with Crippen molar-refractivity contribution in [1.82, 2.24) is 0 Å². The zero-order chi connectivity index (χ0) is 14.9. The number of benzene rings is 2. The SMILES string of the molecule is CCc1ccc(C(C)C)cc1-c1cc(F)c(O)c(F)c1. The molecule has 2 aromatic carbocycles. The van der Waals surface area contributed by atoms with Crippen molar-refractivity contribution in [2.75, 3.05) is 0 Å². The van der Waals surface area contributed by atoms with Crippen LogP contribution in [0.15, 0.2) is 30.3 Å². The molecule has 0 aliphatic rings. The van der Waals surface area contributed by atoms with Gasteiger partial charge in [-0.3, -0.25) is 0 Å². The first-order chi connectivity index (χ1) is 9.43. The maximum Gasteiger partial charge on any atom is 0.187 e. The zero-order valence-electron chi connectivity index (χ0n) is 11.9. The van der Waals surface area contributed by atoms with Crippen LogP contribution in [0.3, 0.4) is 0 Å². The molecule has 2 rings (SSSR count). The highest BCUT2D eigenvalue weighted by atomic mass is 19.1. The van der Waals surface area contributed by atoms with Gasteiger partial charge in [0.25, 0.3) is 0 Å². The Morgan fingerprint density at radius 2 is 1.65 bits per heavy atom. The molecule has 0 aliphatic carbocycles. The Labute approximate surface area is 117 Å². The third-order valence-corrected chi connectivity index (χ3v) is 3.51. The van der Waals surface area contributed by atoms with Crippen LogP contribution in [0.2, 0.25) is 0 Å². The van der Waals surface area contributed by atoms with E-state index < -0.39 is 17.4 Å². The standard InChI is InChI=1S/C17H18F2O/c1-4-11-5-6-12(10(2)3)7-14(11)13-8-15(18)17(20)16(19)9-13/h5-10,20H,4H2,1-3H3. The van der Waals surface area contributed by atoms with Gasteiger partial charge in [-0.1, -0.05) is 39.0 Å². The van der Waals surface area contributed by atoms with Gasteiger partial charge in [0.05, 0.1) is 0 Å². The minimum absolute atomic E-state index is 0.339. The Bertz CT molecular complexity index is 610. The van der Waals surface area contributed by atoms with Crippen LogP contribution in [0, 0.1) is 11.6 Å². The van der Waals surface area contributed by atoms with Crippen LogP contribution in [0.5, 0.6) is 5.75 Å². The second-order valence-electron chi connectivity index (χ2n) is 5.21. The summed E-state index contributed by atoms with van der Waals surface area (Å²) in [6, 6.07) is 8.36. The molecular weight excluding hydrogens is 258 g/mol. The largest absolute Gasteiger partial charge is 0.503 e. The molecule has 0 fully saturated rings. The second-order valence-corrected chi connectivity index (χ2v) is 5.21. The second kappa shape index (κ2) is 5.61. The Kier molecular flexibility index (Phi) is 4.07. The first-order valence-corrected chi connectivity index (χ1v) is 6.75. The molecule has 0 saturated carbocycles. The minimum Gasteiger partial charge on any atom is -0.503 e. The Hall–Kier alpha value is -1.90. The molecule has 0 aromatic heterocycles. The molecular formula is C17H18F2O. The van der Waals surface area contributed by atoms with Gasteiger partial charge >= 0.3 is 0 Å². The molecule has 0 bridgehead atoms. The predicted octanol–water partition coefficient (Wildman–Crippen LogP) is 5.02. The van der Waals surface area contributed by atoms with Gasteiger partial charge in [0, 0.05) is 0 Å². The fraction of sp³-hybridized carbons (Fsp3) is 0.294.